The van der Waals surface area contributed by atoms with Crippen molar-refractivity contribution in [1.29, 1.82) is 0 Å². The van der Waals surface area contributed by atoms with Crippen LogP contribution in [-0.4, -0.2) is 38.3 Å². The molecule has 1 atom stereocenters. The lowest BCUT2D eigenvalue weighted by atomic mass is 10.1. The van der Waals surface area contributed by atoms with Gasteiger partial charge in [-0.25, -0.2) is 0 Å². The molecule has 0 spiro atoms. The second-order valence-corrected chi connectivity index (χ2v) is 2.84. The summed E-state index contributed by atoms with van der Waals surface area (Å²) in [7, 11) is 1.62. The molecule has 11 heavy (non-hydrogen) atoms. The predicted octanol–water partition coefficient (Wildman–Crippen LogP) is -0.889. The van der Waals surface area contributed by atoms with Crippen LogP contribution in [-0.2, 0) is 9.53 Å². The van der Waals surface area contributed by atoms with Gasteiger partial charge < -0.3 is 15.4 Å². The molecule has 0 aromatic heterocycles. The number of hydrogen-bond acceptors (Lipinski definition) is 3. The largest absolute Gasteiger partial charge is 0.363 e. The number of morpholine rings is 1. The Balaban J connectivity index is 2.56. The summed E-state index contributed by atoms with van der Waals surface area (Å²) in [5.74, 6) is -0.0651. The second-order valence-electron chi connectivity index (χ2n) is 2.84. The molecule has 1 saturated heterocycles. The Hall–Kier alpha value is -0.610. The normalized spacial score (nSPS) is 31.5. The van der Waals surface area contributed by atoms with E-state index in [2.05, 4.69) is 10.6 Å². The van der Waals surface area contributed by atoms with Crippen molar-refractivity contribution in [3.05, 3.63) is 0 Å². The van der Waals surface area contributed by atoms with Crippen LogP contribution in [0.5, 0.6) is 0 Å². The molecule has 0 aromatic rings. The van der Waals surface area contributed by atoms with Gasteiger partial charge in [0, 0.05) is 20.1 Å². The van der Waals surface area contributed by atoms with Gasteiger partial charge in [0.1, 0.15) is 0 Å². The highest BCUT2D eigenvalue weighted by Gasteiger charge is 2.34. The van der Waals surface area contributed by atoms with Crippen molar-refractivity contribution in [2.75, 3.05) is 26.7 Å². The summed E-state index contributed by atoms with van der Waals surface area (Å²) in [4.78, 5) is 11.2. The molecule has 2 N–H and O–H groups in total. The number of nitrogens with one attached hydrogen (secondary N) is 2. The maximum absolute atomic E-state index is 11.2. The van der Waals surface area contributed by atoms with E-state index in [-0.39, 0.29) is 5.91 Å². The van der Waals surface area contributed by atoms with Gasteiger partial charge in [-0.2, -0.15) is 0 Å². The summed E-state index contributed by atoms with van der Waals surface area (Å²) in [6.45, 7) is 3.81. The first-order valence-corrected chi connectivity index (χ1v) is 3.76. The molecule has 4 nitrogen and oxygen atoms in total. The number of carbonyl (C=O) groups is 1. The minimum absolute atomic E-state index is 0.0651. The van der Waals surface area contributed by atoms with Crippen molar-refractivity contribution in [1.82, 2.24) is 10.6 Å². The lowest BCUT2D eigenvalue weighted by Gasteiger charge is -2.32. The van der Waals surface area contributed by atoms with E-state index in [1.807, 2.05) is 0 Å². The van der Waals surface area contributed by atoms with Crippen LogP contribution in [0.25, 0.3) is 0 Å². The number of likely N-dealkylation sites (N-methyl/N-ethyl adjacent to an activating group) is 1. The molecule has 0 radical (unpaired) electrons. The average molecular weight is 158 g/mol. The van der Waals surface area contributed by atoms with Crippen molar-refractivity contribution < 1.29 is 9.53 Å². The third-order valence-electron chi connectivity index (χ3n) is 1.87. The summed E-state index contributed by atoms with van der Waals surface area (Å²) < 4.78 is 5.34. The smallest absolute Gasteiger partial charge is 0.253 e. The van der Waals surface area contributed by atoms with Gasteiger partial charge in [0.15, 0.2) is 5.60 Å². The predicted molar refractivity (Wildman–Crippen MR) is 41.3 cm³/mol. The van der Waals surface area contributed by atoms with Gasteiger partial charge in [-0.15, -0.1) is 0 Å². The van der Waals surface area contributed by atoms with E-state index < -0.39 is 5.60 Å². The Morgan fingerprint density at radius 2 is 2.45 bits per heavy atom. The zero-order valence-electron chi connectivity index (χ0n) is 6.94. The minimum Gasteiger partial charge on any atom is -0.363 e. The zero-order valence-corrected chi connectivity index (χ0v) is 6.94. The fourth-order valence-electron chi connectivity index (χ4n) is 1.14. The van der Waals surface area contributed by atoms with E-state index in [1.54, 1.807) is 14.0 Å². The fraction of sp³-hybridized carbons (Fsp3) is 0.857. The van der Waals surface area contributed by atoms with E-state index in [9.17, 15) is 4.79 Å². The average Bonchev–Trinajstić information content (AvgIpc) is 2.04. The van der Waals surface area contributed by atoms with Gasteiger partial charge >= 0.3 is 0 Å². The first kappa shape index (κ1) is 8.49. The van der Waals surface area contributed by atoms with Crippen molar-refractivity contribution in [2.24, 2.45) is 0 Å². The van der Waals surface area contributed by atoms with Crippen LogP contribution in [0.2, 0.25) is 0 Å². The molecular formula is C7H14N2O2. The number of ether oxygens (including phenoxy) is 1. The maximum Gasteiger partial charge on any atom is 0.253 e. The topological polar surface area (TPSA) is 50.4 Å². The van der Waals surface area contributed by atoms with Gasteiger partial charge in [-0.1, -0.05) is 0 Å². The molecule has 0 aromatic carbocycles. The molecule has 1 aliphatic heterocycles. The van der Waals surface area contributed by atoms with Crippen LogP contribution in [0, 0.1) is 0 Å². The van der Waals surface area contributed by atoms with Crippen molar-refractivity contribution in [3.63, 3.8) is 0 Å². The summed E-state index contributed by atoms with van der Waals surface area (Å²) in [5.41, 5.74) is -0.674. The van der Waals surface area contributed by atoms with Crippen molar-refractivity contribution >= 4 is 5.91 Å². The van der Waals surface area contributed by atoms with Crippen LogP contribution in [0.3, 0.4) is 0 Å². The lowest BCUT2D eigenvalue weighted by Crippen LogP contribution is -2.56. The van der Waals surface area contributed by atoms with Gasteiger partial charge in [0.05, 0.1) is 6.61 Å². The quantitative estimate of drug-likeness (QED) is 0.520. The number of carbonyl (C=O) groups excluding carboxylic acids is 1. The SMILES string of the molecule is CNC(=O)C1(C)CNCCO1. The van der Waals surface area contributed by atoms with Gasteiger partial charge in [-0.05, 0) is 6.92 Å². The highest BCUT2D eigenvalue weighted by molar-refractivity contribution is 5.84. The Morgan fingerprint density at radius 3 is 2.91 bits per heavy atom. The van der Waals surface area contributed by atoms with Crippen LogP contribution < -0.4 is 10.6 Å². The summed E-state index contributed by atoms with van der Waals surface area (Å²) in [5, 5.41) is 5.68. The van der Waals surface area contributed by atoms with Gasteiger partial charge in [-0.3, -0.25) is 4.79 Å². The zero-order chi connectivity index (χ0) is 8.32. The molecule has 0 aliphatic carbocycles. The Bertz CT molecular complexity index is 153. The Morgan fingerprint density at radius 1 is 1.73 bits per heavy atom. The van der Waals surface area contributed by atoms with E-state index in [0.717, 1.165) is 6.54 Å². The van der Waals surface area contributed by atoms with Gasteiger partial charge in [0.25, 0.3) is 5.91 Å². The second kappa shape index (κ2) is 3.19. The number of hydrogen-bond donors (Lipinski definition) is 2. The third kappa shape index (κ3) is 1.70. The molecule has 1 rings (SSSR count). The van der Waals surface area contributed by atoms with Crippen molar-refractivity contribution in [3.8, 4) is 0 Å². The first-order valence-electron chi connectivity index (χ1n) is 3.76. The van der Waals surface area contributed by atoms with Crippen LogP contribution >= 0.6 is 0 Å². The van der Waals surface area contributed by atoms with Crippen LogP contribution in [0.4, 0.5) is 0 Å². The summed E-state index contributed by atoms with van der Waals surface area (Å²) in [6.07, 6.45) is 0. The molecule has 0 bridgehead atoms. The summed E-state index contributed by atoms with van der Waals surface area (Å²) >= 11 is 0. The molecule has 4 heteroatoms. The Kier molecular flexibility index (Phi) is 2.46. The molecule has 1 fully saturated rings. The summed E-state index contributed by atoms with van der Waals surface area (Å²) in [6, 6.07) is 0. The fourth-order valence-corrected chi connectivity index (χ4v) is 1.14. The van der Waals surface area contributed by atoms with Crippen LogP contribution in [0.1, 0.15) is 6.92 Å². The monoisotopic (exact) mass is 158 g/mol. The molecular weight excluding hydrogens is 144 g/mol. The molecule has 64 valence electrons. The maximum atomic E-state index is 11.2. The number of amides is 1. The van der Waals surface area contributed by atoms with E-state index in [1.165, 1.54) is 0 Å². The first-order chi connectivity index (χ1) is 5.19. The Labute approximate surface area is 66.3 Å². The molecule has 1 heterocycles. The van der Waals surface area contributed by atoms with Crippen LogP contribution in [0.15, 0.2) is 0 Å². The van der Waals surface area contributed by atoms with E-state index in [0.29, 0.717) is 13.2 Å². The highest BCUT2D eigenvalue weighted by atomic mass is 16.5. The van der Waals surface area contributed by atoms with Gasteiger partial charge in [0.2, 0.25) is 0 Å². The highest BCUT2D eigenvalue weighted by Crippen LogP contribution is 2.11. The molecule has 1 unspecified atom stereocenters. The molecule has 1 aliphatic rings. The third-order valence-corrected chi connectivity index (χ3v) is 1.87. The van der Waals surface area contributed by atoms with E-state index >= 15 is 0 Å². The van der Waals surface area contributed by atoms with E-state index in [4.69, 9.17) is 4.74 Å². The standard InChI is InChI=1S/C7H14N2O2/c1-7(6(10)8-2)5-9-3-4-11-7/h9H,3-5H2,1-2H3,(H,8,10). The lowest BCUT2D eigenvalue weighted by molar-refractivity contribution is -0.147. The molecule has 0 saturated carbocycles. The van der Waals surface area contributed by atoms with Crippen molar-refractivity contribution in [2.45, 2.75) is 12.5 Å². The molecule has 1 amide bonds. The minimum atomic E-state index is -0.674. The number of rotatable bonds is 1.